The van der Waals surface area contributed by atoms with E-state index < -0.39 is 0 Å². The van der Waals surface area contributed by atoms with Gasteiger partial charge in [-0.05, 0) is 47.9 Å². The van der Waals surface area contributed by atoms with E-state index in [1.54, 1.807) is 24.3 Å². The lowest BCUT2D eigenvalue weighted by atomic mass is 9.95. The number of Topliss-reactive ketones (excluding diaryl/α,β-unsaturated/α-hetero) is 1. The van der Waals surface area contributed by atoms with Crippen LogP contribution in [0.4, 0.5) is 0 Å². The number of hydrogen-bond acceptors (Lipinski definition) is 3. The number of rotatable bonds is 3. The van der Waals surface area contributed by atoms with E-state index in [1.165, 1.54) is 11.1 Å². The molecule has 0 saturated heterocycles. The largest absolute Gasteiger partial charge is 0.508 e. The molecule has 0 radical (unpaired) electrons. The summed E-state index contributed by atoms with van der Waals surface area (Å²) in [4.78, 5) is 12.3. The Labute approximate surface area is 118 Å². The van der Waals surface area contributed by atoms with Gasteiger partial charge in [0, 0.05) is 18.5 Å². The van der Waals surface area contributed by atoms with Crippen LogP contribution in [0, 0.1) is 0 Å². The van der Waals surface area contributed by atoms with Gasteiger partial charge in [0.15, 0.2) is 5.78 Å². The van der Waals surface area contributed by atoms with E-state index in [0.29, 0.717) is 6.42 Å². The molecule has 0 aromatic heterocycles. The molecule has 20 heavy (non-hydrogen) atoms. The van der Waals surface area contributed by atoms with Crippen molar-refractivity contribution in [2.75, 3.05) is 6.54 Å². The molecule has 2 N–H and O–H groups in total. The summed E-state index contributed by atoms with van der Waals surface area (Å²) in [5.74, 6) is 0.338. The van der Waals surface area contributed by atoms with Gasteiger partial charge in [-0.2, -0.15) is 0 Å². The van der Waals surface area contributed by atoms with Crippen molar-refractivity contribution in [3.8, 4) is 5.75 Å². The Bertz CT molecular complexity index is 632. The normalized spacial score (nSPS) is 13.8. The van der Waals surface area contributed by atoms with Crippen LogP contribution < -0.4 is 5.32 Å². The van der Waals surface area contributed by atoms with Crippen molar-refractivity contribution in [2.24, 2.45) is 0 Å². The second-order valence-corrected chi connectivity index (χ2v) is 5.18. The summed E-state index contributed by atoms with van der Waals surface area (Å²) >= 11 is 0. The Morgan fingerprint density at radius 3 is 2.70 bits per heavy atom. The molecule has 102 valence electrons. The van der Waals surface area contributed by atoms with Gasteiger partial charge in [-0.3, -0.25) is 4.79 Å². The molecule has 1 heterocycles. The van der Waals surface area contributed by atoms with Crippen molar-refractivity contribution in [3.63, 3.8) is 0 Å². The molecule has 3 nitrogen and oxygen atoms in total. The number of phenolic OH excluding ortho intramolecular Hbond substituents is 1. The number of fused-ring (bicyclic) bond motifs is 1. The third-order valence-corrected chi connectivity index (χ3v) is 3.72. The molecule has 0 aliphatic carbocycles. The zero-order valence-electron chi connectivity index (χ0n) is 11.2. The predicted octanol–water partition coefficient (Wildman–Crippen LogP) is 2.46. The van der Waals surface area contributed by atoms with Crippen LogP contribution in [0.2, 0.25) is 0 Å². The van der Waals surface area contributed by atoms with Crippen molar-refractivity contribution in [3.05, 3.63) is 64.7 Å². The van der Waals surface area contributed by atoms with E-state index in [9.17, 15) is 9.90 Å². The predicted molar refractivity (Wildman–Crippen MR) is 78.0 cm³/mol. The average Bonchev–Trinajstić information content (AvgIpc) is 2.49. The smallest absolute Gasteiger partial charge is 0.167 e. The molecule has 0 unspecified atom stereocenters. The lowest BCUT2D eigenvalue weighted by Crippen LogP contribution is -2.23. The maximum atomic E-state index is 12.3. The molecule has 2 aromatic carbocycles. The second-order valence-electron chi connectivity index (χ2n) is 5.18. The number of carbonyl (C=O) groups is 1. The minimum atomic E-state index is 0.115. The molecule has 1 aliphatic heterocycles. The van der Waals surface area contributed by atoms with Gasteiger partial charge < -0.3 is 10.4 Å². The molecular formula is C17H17NO2. The molecule has 1 aliphatic rings. The molecule has 2 aromatic rings. The van der Waals surface area contributed by atoms with Crippen LogP contribution in [-0.2, 0) is 19.4 Å². The van der Waals surface area contributed by atoms with E-state index in [2.05, 4.69) is 11.4 Å². The highest BCUT2D eigenvalue weighted by Crippen LogP contribution is 2.18. The molecule has 0 atom stereocenters. The fourth-order valence-corrected chi connectivity index (χ4v) is 2.56. The lowest BCUT2D eigenvalue weighted by Gasteiger charge is -2.17. The van der Waals surface area contributed by atoms with Gasteiger partial charge in [-0.15, -0.1) is 0 Å². The van der Waals surface area contributed by atoms with Crippen molar-refractivity contribution in [1.29, 1.82) is 0 Å². The van der Waals surface area contributed by atoms with Gasteiger partial charge in [0.05, 0.1) is 0 Å². The van der Waals surface area contributed by atoms with Gasteiger partial charge in [-0.25, -0.2) is 0 Å². The Balaban J connectivity index is 1.78. The van der Waals surface area contributed by atoms with Crippen molar-refractivity contribution < 1.29 is 9.90 Å². The number of ketones is 1. The minimum Gasteiger partial charge on any atom is -0.508 e. The topological polar surface area (TPSA) is 49.3 Å². The van der Waals surface area contributed by atoms with Gasteiger partial charge in [0.25, 0.3) is 0 Å². The van der Waals surface area contributed by atoms with Gasteiger partial charge >= 0.3 is 0 Å². The van der Waals surface area contributed by atoms with E-state index in [4.69, 9.17) is 0 Å². The highest BCUT2D eigenvalue weighted by molar-refractivity contribution is 5.97. The highest BCUT2D eigenvalue weighted by Gasteiger charge is 2.12. The van der Waals surface area contributed by atoms with Crippen LogP contribution in [0.1, 0.15) is 27.0 Å². The number of carbonyl (C=O) groups excluding carboxylic acids is 1. The van der Waals surface area contributed by atoms with Crippen LogP contribution in [0.15, 0.2) is 42.5 Å². The van der Waals surface area contributed by atoms with Crippen LogP contribution in [0.25, 0.3) is 0 Å². The van der Waals surface area contributed by atoms with E-state index >= 15 is 0 Å². The number of hydrogen-bond donors (Lipinski definition) is 2. The quantitative estimate of drug-likeness (QED) is 0.840. The van der Waals surface area contributed by atoms with Crippen LogP contribution in [0.3, 0.4) is 0 Å². The fourth-order valence-electron chi connectivity index (χ4n) is 2.56. The number of benzene rings is 2. The zero-order valence-corrected chi connectivity index (χ0v) is 11.2. The van der Waals surface area contributed by atoms with Crippen LogP contribution in [0.5, 0.6) is 5.75 Å². The molecular weight excluding hydrogens is 250 g/mol. The number of nitrogens with one attached hydrogen (secondary N) is 1. The summed E-state index contributed by atoms with van der Waals surface area (Å²) in [6.45, 7) is 1.85. The maximum absolute atomic E-state index is 12.3. The lowest BCUT2D eigenvalue weighted by molar-refractivity contribution is 0.0993. The van der Waals surface area contributed by atoms with E-state index in [-0.39, 0.29) is 11.5 Å². The Kier molecular flexibility index (Phi) is 3.52. The third-order valence-electron chi connectivity index (χ3n) is 3.72. The first-order chi connectivity index (χ1) is 9.72. The van der Waals surface area contributed by atoms with Crippen molar-refractivity contribution in [2.45, 2.75) is 19.4 Å². The Hall–Kier alpha value is -2.13. The molecule has 3 heteroatoms. The van der Waals surface area contributed by atoms with E-state index in [0.717, 1.165) is 30.6 Å². The molecule has 0 saturated carbocycles. The van der Waals surface area contributed by atoms with Gasteiger partial charge in [0.1, 0.15) is 5.75 Å². The second kappa shape index (κ2) is 5.47. The Morgan fingerprint density at radius 2 is 1.90 bits per heavy atom. The van der Waals surface area contributed by atoms with E-state index in [1.807, 2.05) is 12.1 Å². The fraction of sp³-hybridized carbons (Fsp3) is 0.235. The summed E-state index contributed by atoms with van der Waals surface area (Å²) in [5.41, 5.74) is 4.25. The van der Waals surface area contributed by atoms with Crippen LogP contribution in [-0.4, -0.2) is 17.4 Å². The molecule has 0 fully saturated rings. The first kappa shape index (κ1) is 12.9. The number of aromatic hydroxyl groups is 1. The first-order valence-electron chi connectivity index (χ1n) is 6.86. The van der Waals surface area contributed by atoms with Gasteiger partial charge in [-0.1, -0.05) is 24.3 Å². The molecule has 0 amide bonds. The van der Waals surface area contributed by atoms with Gasteiger partial charge in [0.2, 0.25) is 0 Å². The maximum Gasteiger partial charge on any atom is 0.167 e. The zero-order chi connectivity index (χ0) is 13.9. The van der Waals surface area contributed by atoms with Crippen molar-refractivity contribution >= 4 is 5.78 Å². The molecule has 0 spiro atoms. The summed E-state index contributed by atoms with van der Waals surface area (Å²) in [5, 5.41) is 12.6. The summed E-state index contributed by atoms with van der Waals surface area (Å²) < 4.78 is 0. The van der Waals surface area contributed by atoms with Crippen molar-refractivity contribution in [1.82, 2.24) is 5.32 Å². The summed E-state index contributed by atoms with van der Waals surface area (Å²) in [6, 6.07) is 12.8. The monoisotopic (exact) mass is 267 g/mol. The minimum absolute atomic E-state index is 0.115. The summed E-state index contributed by atoms with van der Waals surface area (Å²) in [7, 11) is 0. The SMILES string of the molecule is O=C(Cc1ccc(O)cc1)c1ccc2c(c1)CNCC2. The summed E-state index contributed by atoms with van der Waals surface area (Å²) in [6.07, 6.45) is 1.40. The molecule has 0 bridgehead atoms. The Morgan fingerprint density at radius 1 is 1.10 bits per heavy atom. The average molecular weight is 267 g/mol. The third kappa shape index (κ3) is 2.73. The highest BCUT2D eigenvalue weighted by atomic mass is 16.3. The standard InChI is InChI=1S/C17H17NO2/c19-16-5-1-12(2-6-16)9-17(20)14-4-3-13-7-8-18-11-15(13)10-14/h1-6,10,18-19H,7-9,11H2. The molecule has 3 rings (SSSR count). The number of phenols is 1. The van der Waals surface area contributed by atoms with Crippen LogP contribution >= 0.6 is 0 Å². The first-order valence-corrected chi connectivity index (χ1v) is 6.86.